The van der Waals surface area contributed by atoms with Crippen LogP contribution in [0.15, 0.2) is 23.5 Å². The Bertz CT molecular complexity index is 518. The minimum atomic E-state index is -0.0734. The minimum absolute atomic E-state index is 0.0205. The molecule has 7 heteroatoms. The van der Waals surface area contributed by atoms with Crippen LogP contribution < -0.4 is 5.73 Å². The second-order valence-electron chi connectivity index (χ2n) is 4.73. The number of amidine groups is 1. The molecule has 1 fully saturated rings. The lowest BCUT2D eigenvalue weighted by Crippen LogP contribution is -2.48. The summed E-state index contributed by atoms with van der Waals surface area (Å²) in [7, 11) is 0. The zero-order valence-corrected chi connectivity index (χ0v) is 12.3. The van der Waals surface area contributed by atoms with Crippen LogP contribution in [0.4, 0.5) is 0 Å². The van der Waals surface area contributed by atoms with Gasteiger partial charge in [-0.15, -0.1) is 0 Å². The summed E-state index contributed by atoms with van der Waals surface area (Å²) in [5.41, 5.74) is 6.33. The number of oxime groups is 1. The molecule has 0 aromatic carbocycles. The molecule has 0 spiro atoms. The normalized spacial score (nSPS) is 23.7. The van der Waals surface area contributed by atoms with E-state index in [1.807, 2.05) is 16.7 Å². The van der Waals surface area contributed by atoms with Crippen molar-refractivity contribution < 1.29 is 10.0 Å². The van der Waals surface area contributed by atoms with Gasteiger partial charge in [0.1, 0.15) is 5.69 Å². The third kappa shape index (κ3) is 2.87. The summed E-state index contributed by atoms with van der Waals surface area (Å²) < 4.78 is 0. The van der Waals surface area contributed by atoms with Crippen LogP contribution >= 0.6 is 11.8 Å². The van der Waals surface area contributed by atoms with E-state index in [1.54, 1.807) is 12.1 Å². The average Bonchev–Trinajstić information content (AvgIpc) is 2.48. The molecule has 0 bridgehead atoms. The van der Waals surface area contributed by atoms with E-state index in [0.717, 1.165) is 12.3 Å². The summed E-state index contributed by atoms with van der Waals surface area (Å²) in [6.45, 7) is 4.92. The maximum atomic E-state index is 12.4. The fourth-order valence-electron chi connectivity index (χ4n) is 2.10. The Balaban J connectivity index is 2.17. The van der Waals surface area contributed by atoms with Crippen LogP contribution in [0, 0.1) is 0 Å². The Labute approximate surface area is 122 Å². The number of thioether (sulfide) groups is 1. The van der Waals surface area contributed by atoms with Crippen molar-refractivity contribution in [2.24, 2.45) is 10.9 Å². The molecule has 2 atom stereocenters. The van der Waals surface area contributed by atoms with E-state index in [9.17, 15) is 4.79 Å². The van der Waals surface area contributed by atoms with Gasteiger partial charge in [-0.1, -0.05) is 12.1 Å². The maximum Gasteiger partial charge on any atom is 0.272 e. The summed E-state index contributed by atoms with van der Waals surface area (Å²) in [6, 6.07) is 3.42. The number of rotatable bonds is 2. The number of hydrogen-bond donors (Lipinski definition) is 2. The largest absolute Gasteiger partial charge is 0.409 e. The molecule has 0 saturated carbocycles. The number of nitrogens with zero attached hydrogens (tertiary/aromatic N) is 3. The summed E-state index contributed by atoms with van der Waals surface area (Å²) in [5, 5.41) is 11.9. The van der Waals surface area contributed by atoms with Gasteiger partial charge in [0.05, 0.1) is 0 Å². The van der Waals surface area contributed by atoms with E-state index >= 15 is 0 Å². The van der Waals surface area contributed by atoms with Crippen molar-refractivity contribution >= 4 is 23.5 Å². The summed E-state index contributed by atoms with van der Waals surface area (Å²) in [5.74, 6) is 0.850. The SMILES string of the molecule is CC1SCCN(C(=O)c2ccc(/C(N)=N/O)cn2)C1C. The van der Waals surface area contributed by atoms with Gasteiger partial charge in [-0.2, -0.15) is 11.8 Å². The molecule has 0 aliphatic carbocycles. The predicted octanol–water partition coefficient (Wildman–Crippen LogP) is 1.14. The molecule has 2 heterocycles. The third-order valence-electron chi connectivity index (χ3n) is 3.53. The van der Waals surface area contributed by atoms with Gasteiger partial charge >= 0.3 is 0 Å². The molecular formula is C13H18N4O2S. The van der Waals surface area contributed by atoms with Gasteiger partial charge in [-0.25, -0.2) is 0 Å². The van der Waals surface area contributed by atoms with E-state index in [1.165, 1.54) is 6.20 Å². The third-order valence-corrected chi connectivity index (χ3v) is 4.87. The van der Waals surface area contributed by atoms with Gasteiger partial charge in [0.15, 0.2) is 5.84 Å². The highest BCUT2D eigenvalue weighted by Gasteiger charge is 2.29. The zero-order valence-electron chi connectivity index (χ0n) is 11.5. The predicted molar refractivity (Wildman–Crippen MR) is 79.2 cm³/mol. The van der Waals surface area contributed by atoms with Gasteiger partial charge in [0, 0.05) is 35.3 Å². The molecule has 20 heavy (non-hydrogen) atoms. The van der Waals surface area contributed by atoms with Crippen molar-refractivity contribution in [1.82, 2.24) is 9.88 Å². The first kappa shape index (κ1) is 14.6. The number of amides is 1. The highest BCUT2D eigenvalue weighted by atomic mass is 32.2. The van der Waals surface area contributed by atoms with Gasteiger partial charge < -0.3 is 15.8 Å². The molecule has 1 saturated heterocycles. The Hall–Kier alpha value is -1.76. The van der Waals surface area contributed by atoms with Crippen molar-refractivity contribution in [1.29, 1.82) is 0 Å². The first-order valence-corrected chi connectivity index (χ1v) is 7.46. The molecule has 0 radical (unpaired) electrons. The van der Waals surface area contributed by atoms with Crippen LogP contribution in [-0.4, -0.2) is 50.4 Å². The number of aromatic nitrogens is 1. The standard InChI is InChI=1S/C13H18N4O2S/c1-8-9(2)20-6-5-17(8)13(18)11-4-3-10(7-15-11)12(14)16-19/h3-4,7-9,19H,5-6H2,1-2H3,(H2,14,16). The molecule has 1 aliphatic rings. The van der Waals surface area contributed by atoms with E-state index in [0.29, 0.717) is 16.5 Å². The maximum absolute atomic E-state index is 12.4. The molecule has 1 aromatic heterocycles. The highest BCUT2D eigenvalue weighted by Crippen LogP contribution is 2.25. The fraction of sp³-hybridized carbons (Fsp3) is 0.462. The molecule has 1 aliphatic heterocycles. The zero-order chi connectivity index (χ0) is 14.7. The Kier molecular flexibility index (Phi) is 4.49. The van der Waals surface area contributed by atoms with Gasteiger partial charge in [0.2, 0.25) is 0 Å². The number of carbonyl (C=O) groups excluding carboxylic acids is 1. The molecule has 1 amide bonds. The first-order chi connectivity index (χ1) is 9.54. The lowest BCUT2D eigenvalue weighted by atomic mass is 10.1. The second kappa shape index (κ2) is 6.13. The van der Waals surface area contributed by atoms with E-state index in [4.69, 9.17) is 10.9 Å². The second-order valence-corrected chi connectivity index (χ2v) is 6.22. The van der Waals surface area contributed by atoms with Crippen LogP contribution in [-0.2, 0) is 0 Å². The van der Waals surface area contributed by atoms with Gasteiger partial charge in [-0.05, 0) is 19.1 Å². The Morgan fingerprint density at radius 1 is 1.55 bits per heavy atom. The van der Waals surface area contributed by atoms with Crippen LogP contribution in [0.3, 0.4) is 0 Å². The number of nitrogens with two attached hydrogens (primary N) is 1. The summed E-state index contributed by atoms with van der Waals surface area (Å²) in [4.78, 5) is 18.4. The molecule has 3 N–H and O–H groups in total. The van der Waals surface area contributed by atoms with Crippen molar-refractivity contribution in [3.8, 4) is 0 Å². The minimum Gasteiger partial charge on any atom is -0.409 e. The van der Waals surface area contributed by atoms with Crippen molar-refractivity contribution in [2.45, 2.75) is 25.1 Å². The smallest absolute Gasteiger partial charge is 0.272 e. The van der Waals surface area contributed by atoms with Gasteiger partial charge in [0.25, 0.3) is 5.91 Å². The average molecular weight is 294 g/mol. The summed E-state index contributed by atoms with van der Waals surface area (Å²) in [6.07, 6.45) is 1.44. The van der Waals surface area contributed by atoms with E-state index in [2.05, 4.69) is 24.0 Å². The van der Waals surface area contributed by atoms with Crippen molar-refractivity contribution in [3.63, 3.8) is 0 Å². The van der Waals surface area contributed by atoms with Crippen LogP contribution in [0.1, 0.15) is 29.9 Å². The Morgan fingerprint density at radius 3 is 2.90 bits per heavy atom. The lowest BCUT2D eigenvalue weighted by molar-refractivity contribution is 0.0692. The summed E-state index contributed by atoms with van der Waals surface area (Å²) >= 11 is 1.88. The van der Waals surface area contributed by atoms with Crippen LogP contribution in [0.5, 0.6) is 0 Å². The van der Waals surface area contributed by atoms with Crippen LogP contribution in [0.2, 0.25) is 0 Å². The lowest BCUT2D eigenvalue weighted by Gasteiger charge is -2.37. The van der Waals surface area contributed by atoms with E-state index in [-0.39, 0.29) is 17.8 Å². The Morgan fingerprint density at radius 2 is 2.30 bits per heavy atom. The first-order valence-electron chi connectivity index (χ1n) is 6.41. The van der Waals surface area contributed by atoms with Crippen LogP contribution in [0.25, 0.3) is 0 Å². The number of hydrogen-bond acceptors (Lipinski definition) is 5. The van der Waals surface area contributed by atoms with Crippen molar-refractivity contribution in [3.05, 3.63) is 29.6 Å². The number of pyridine rings is 1. The molecule has 108 valence electrons. The molecule has 6 nitrogen and oxygen atoms in total. The van der Waals surface area contributed by atoms with Crippen molar-refractivity contribution in [2.75, 3.05) is 12.3 Å². The quantitative estimate of drug-likeness (QED) is 0.369. The van der Waals surface area contributed by atoms with E-state index < -0.39 is 0 Å². The number of carbonyl (C=O) groups is 1. The molecule has 2 rings (SSSR count). The molecule has 2 unspecified atom stereocenters. The monoisotopic (exact) mass is 294 g/mol. The van der Waals surface area contributed by atoms with Gasteiger partial charge in [-0.3, -0.25) is 9.78 Å². The molecule has 1 aromatic rings. The molecular weight excluding hydrogens is 276 g/mol. The fourth-order valence-corrected chi connectivity index (χ4v) is 3.20. The highest BCUT2D eigenvalue weighted by molar-refractivity contribution is 8.00. The topological polar surface area (TPSA) is 91.8 Å².